The van der Waals surface area contributed by atoms with Crippen molar-refractivity contribution < 1.29 is 9.53 Å². The topological polar surface area (TPSA) is 68.5 Å². The molecule has 2 aromatic heterocycles. The van der Waals surface area contributed by atoms with Crippen molar-refractivity contribution in [3.8, 4) is 0 Å². The van der Waals surface area contributed by atoms with Gasteiger partial charge in [-0.25, -0.2) is 4.98 Å². The van der Waals surface area contributed by atoms with Crippen LogP contribution in [0.4, 0.5) is 5.82 Å². The summed E-state index contributed by atoms with van der Waals surface area (Å²) in [5, 5.41) is 7.55. The number of aryl methyl sites for hydroxylation is 1. The molecular weight excluding hydrogens is 256 g/mol. The van der Waals surface area contributed by atoms with Crippen LogP contribution in [-0.4, -0.2) is 34.2 Å². The second kappa shape index (κ2) is 6.88. The summed E-state index contributed by atoms with van der Waals surface area (Å²) < 4.78 is 6.40. The Labute approximate surface area is 118 Å². The Kier molecular flexibility index (Phi) is 4.92. The molecule has 0 saturated heterocycles. The summed E-state index contributed by atoms with van der Waals surface area (Å²) in [5.41, 5.74) is 2.00. The minimum atomic E-state index is -0.138. The van der Waals surface area contributed by atoms with E-state index < -0.39 is 0 Å². The molecule has 0 aliphatic heterocycles. The summed E-state index contributed by atoms with van der Waals surface area (Å²) in [7, 11) is 1.42. The van der Waals surface area contributed by atoms with E-state index in [1.54, 1.807) is 10.8 Å². The van der Waals surface area contributed by atoms with Gasteiger partial charge in [0.2, 0.25) is 0 Å². The zero-order valence-corrected chi connectivity index (χ0v) is 11.9. The molecule has 0 aliphatic carbocycles. The summed E-state index contributed by atoms with van der Waals surface area (Å²) in [6, 6.07) is 4.05. The first-order valence-corrected chi connectivity index (χ1v) is 6.82. The minimum absolute atomic E-state index is 0.138. The van der Waals surface area contributed by atoms with E-state index in [2.05, 4.69) is 26.2 Å². The van der Waals surface area contributed by atoms with Crippen LogP contribution in [0, 0.1) is 6.92 Å². The van der Waals surface area contributed by atoms with Crippen LogP contribution in [0.1, 0.15) is 31.2 Å². The minimum Gasteiger partial charge on any atom is -0.469 e. The fourth-order valence-corrected chi connectivity index (χ4v) is 2.07. The monoisotopic (exact) mass is 276 g/mol. The zero-order chi connectivity index (χ0) is 14.4. The fourth-order valence-electron chi connectivity index (χ4n) is 2.07. The molecule has 0 spiro atoms. The molecule has 2 rings (SSSR count). The standard InChI is InChI=1S/C14H20N4O2/c1-11-8-12(18-13(9-11)16-10-17-18)15-7-5-3-4-6-14(19)20-2/h8-10,15H,3-7H2,1-2H3. The van der Waals surface area contributed by atoms with E-state index in [0.29, 0.717) is 6.42 Å². The van der Waals surface area contributed by atoms with Crippen molar-refractivity contribution in [3.05, 3.63) is 24.0 Å². The van der Waals surface area contributed by atoms with Crippen molar-refractivity contribution in [1.29, 1.82) is 0 Å². The molecule has 6 nitrogen and oxygen atoms in total. The fraction of sp³-hybridized carbons (Fsp3) is 0.500. The molecule has 2 aromatic rings. The second-order valence-electron chi connectivity index (χ2n) is 4.76. The maximum absolute atomic E-state index is 11.0. The number of carbonyl (C=O) groups is 1. The number of rotatable bonds is 7. The Hall–Kier alpha value is -2.11. The van der Waals surface area contributed by atoms with E-state index in [0.717, 1.165) is 42.8 Å². The number of hydrogen-bond donors (Lipinski definition) is 1. The summed E-state index contributed by atoms with van der Waals surface area (Å²) in [5.74, 6) is 0.812. The largest absolute Gasteiger partial charge is 0.469 e. The molecule has 1 N–H and O–H groups in total. The molecular formula is C14H20N4O2. The Morgan fingerprint density at radius 2 is 2.20 bits per heavy atom. The number of nitrogens with one attached hydrogen (secondary N) is 1. The van der Waals surface area contributed by atoms with Crippen LogP contribution in [0.5, 0.6) is 0 Å². The number of anilines is 1. The van der Waals surface area contributed by atoms with E-state index in [1.165, 1.54) is 7.11 Å². The van der Waals surface area contributed by atoms with Crippen molar-refractivity contribution in [2.24, 2.45) is 0 Å². The number of carbonyl (C=O) groups excluding carboxylic acids is 1. The lowest BCUT2D eigenvalue weighted by Crippen LogP contribution is -2.07. The van der Waals surface area contributed by atoms with Gasteiger partial charge in [0.15, 0.2) is 5.65 Å². The van der Waals surface area contributed by atoms with Gasteiger partial charge < -0.3 is 10.1 Å². The molecule has 108 valence electrons. The number of ether oxygens (including phenoxy) is 1. The van der Waals surface area contributed by atoms with Gasteiger partial charge in [-0.15, -0.1) is 0 Å². The van der Waals surface area contributed by atoms with Crippen molar-refractivity contribution >= 4 is 17.4 Å². The second-order valence-corrected chi connectivity index (χ2v) is 4.76. The van der Waals surface area contributed by atoms with E-state index in [9.17, 15) is 4.79 Å². The molecule has 6 heteroatoms. The SMILES string of the molecule is COC(=O)CCCCCNc1cc(C)cc2ncnn12. The van der Waals surface area contributed by atoms with Crippen LogP contribution in [0.25, 0.3) is 5.65 Å². The number of nitrogens with zero attached hydrogens (tertiary/aromatic N) is 3. The molecule has 0 bridgehead atoms. The lowest BCUT2D eigenvalue weighted by atomic mass is 10.2. The summed E-state index contributed by atoms with van der Waals surface area (Å²) in [4.78, 5) is 15.2. The molecule has 0 aromatic carbocycles. The number of pyridine rings is 1. The summed E-state index contributed by atoms with van der Waals surface area (Å²) in [6.45, 7) is 2.88. The number of aromatic nitrogens is 3. The molecule has 0 aliphatic rings. The predicted molar refractivity (Wildman–Crippen MR) is 76.7 cm³/mol. The zero-order valence-electron chi connectivity index (χ0n) is 11.9. The number of fused-ring (bicyclic) bond motifs is 1. The third kappa shape index (κ3) is 3.69. The Bertz CT molecular complexity index is 580. The van der Waals surface area contributed by atoms with E-state index >= 15 is 0 Å². The number of esters is 1. The van der Waals surface area contributed by atoms with Crippen LogP contribution in [0.2, 0.25) is 0 Å². The van der Waals surface area contributed by atoms with Gasteiger partial charge in [-0.05, 0) is 37.5 Å². The Morgan fingerprint density at radius 3 is 3.00 bits per heavy atom. The predicted octanol–water partition coefficient (Wildman–Crippen LogP) is 2.18. The first-order chi connectivity index (χ1) is 9.70. The highest BCUT2D eigenvalue weighted by molar-refractivity contribution is 5.68. The third-order valence-electron chi connectivity index (χ3n) is 3.11. The van der Waals surface area contributed by atoms with Crippen LogP contribution < -0.4 is 5.32 Å². The molecule has 0 amide bonds. The maximum atomic E-state index is 11.0. The van der Waals surface area contributed by atoms with Crippen molar-refractivity contribution in [2.75, 3.05) is 19.0 Å². The summed E-state index contributed by atoms with van der Waals surface area (Å²) in [6.07, 6.45) is 4.90. The lowest BCUT2D eigenvalue weighted by Gasteiger charge is -2.09. The lowest BCUT2D eigenvalue weighted by molar-refractivity contribution is -0.140. The van der Waals surface area contributed by atoms with Crippen molar-refractivity contribution in [1.82, 2.24) is 14.6 Å². The van der Waals surface area contributed by atoms with Crippen LogP contribution >= 0.6 is 0 Å². The molecule has 0 atom stereocenters. The number of unbranched alkanes of at least 4 members (excludes halogenated alkanes) is 2. The van der Waals surface area contributed by atoms with Gasteiger partial charge in [0.05, 0.1) is 7.11 Å². The number of methoxy groups -OCH3 is 1. The summed E-state index contributed by atoms with van der Waals surface area (Å²) >= 11 is 0. The normalized spacial score (nSPS) is 10.7. The van der Waals surface area contributed by atoms with Gasteiger partial charge in [-0.1, -0.05) is 6.42 Å². The molecule has 20 heavy (non-hydrogen) atoms. The first-order valence-electron chi connectivity index (χ1n) is 6.82. The van der Waals surface area contributed by atoms with Crippen molar-refractivity contribution in [3.63, 3.8) is 0 Å². The van der Waals surface area contributed by atoms with Gasteiger partial charge in [-0.3, -0.25) is 4.79 Å². The third-order valence-corrected chi connectivity index (χ3v) is 3.11. The molecule has 0 unspecified atom stereocenters. The highest BCUT2D eigenvalue weighted by Gasteiger charge is 2.03. The Morgan fingerprint density at radius 1 is 1.35 bits per heavy atom. The highest BCUT2D eigenvalue weighted by Crippen LogP contribution is 2.13. The van der Waals surface area contributed by atoms with Gasteiger partial charge in [-0.2, -0.15) is 9.61 Å². The average Bonchev–Trinajstić information content (AvgIpc) is 2.90. The Balaban J connectivity index is 1.78. The number of hydrogen-bond acceptors (Lipinski definition) is 5. The van der Waals surface area contributed by atoms with Crippen molar-refractivity contribution in [2.45, 2.75) is 32.6 Å². The molecule has 2 heterocycles. The first kappa shape index (κ1) is 14.3. The van der Waals surface area contributed by atoms with Crippen LogP contribution in [0.15, 0.2) is 18.5 Å². The van der Waals surface area contributed by atoms with Gasteiger partial charge >= 0.3 is 5.97 Å². The van der Waals surface area contributed by atoms with E-state index in [1.807, 2.05) is 13.0 Å². The van der Waals surface area contributed by atoms with E-state index in [-0.39, 0.29) is 5.97 Å². The van der Waals surface area contributed by atoms with Gasteiger partial charge in [0.25, 0.3) is 0 Å². The van der Waals surface area contributed by atoms with Crippen LogP contribution in [-0.2, 0) is 9.53 Å². The van der Waals surface area contributed by atoms with Gasteiger partial charge in [0.1, 0.15) is 12.1 Å². The average molecular weight is 276 g/mol. The maximum Gasteiger partial charge on any atom is 0.305 e. The van der Waals surface area contributed by atoms with Gasteiger partial charge in [0, 0.05) is 13.0 Å². The highest BCUT2D eigenvalue weighted by atomic mass is 16.5. The van der Waals surface area contributed by atoms with Crippen LogP contribution in [0.3, 0.4) is 0 Å². The molecule has 0 fully saturated rings. The molecule has 0 radical (unpaired) electrons. The quantitative estimate of drug-likeness (QED) is 0.620. The smallest absolute Gasteiger partial charge is 0.305 e. The molecule has 0 saturated carbocycles. The van der Waals surface area contributed by atoms with E-state index in [4.69, 9.17) is 0 Å².